The molecule has 1 unspecified atom stereocenters. The topological polar surface area (TPSA) is 32.6 Å². The molecule has 1 radical (unpaired) electrons. The van der Waals surface area contributed by atoms with E-state index in [9.17, 15) is 0 Å². The Morgan fingerprint density at radius 2 is 2.09 bits per heavy atom. The quantitative estimate of drug-likeness (QED) is 0.322. The van der Waals surface area contributed by atoms with E-state index in [2.05, 4.69) is 12.4 Å². The Morgan fingerprint density at radius 1 is 1.36 bits per heavy atom. The predicted molar refractivity (Wildman–Crippen MR) is 44.1 cm³/mol. The number of ether oxygens (including phenoxy) is 1. The summed E-state index contributed by atoms with van der Waals surface area (Å²) in [7, 11) is 0. The molecule has 1 atom stereocenters. The lowest BCUT2D eigenvalue weighted by Gasteiger charge is -2.11. The molecule has 0 aromatic carbocycles. The molecular formula is C8H18NO2. The minimum atomic E-state index is -0.193. The lowest BCUT2D eigenvalue weighted by atomic mass is 10.4. The van der Waals surface area contributed by atoms with Gasteiger partial charge in [0, 0.05) is 13.2 Å². The normalized spacial score (nSPS) is 13.4. The summed E-state index contributed by atoms with van der Waals surface area (Å²) in [5.41, 5.74) is 3.73. The summed E-state index contributed by atoms with van der Waals surface area (Å²) in [4.78, 5) is 4.94. The Bertz CT molecular complexity index is 78.5. The second kappa shape index (κ2) is 7.98. The summed E-state index contributed by atoms with van der Waals surface area (Å²) in [6.07, 6.45) is 2.04. The molecule has 0 fully saturated rings. The first-order valence-electron chi connectivity index (χ1n) is 4.25. The first-order chi connectivity index (χ1) is 5.31. The van der Waals surface area contributed by atoms with Gasteiger partial charge in [-0.05, 0) is 20.3 Å². The van der Waals surface area contributed by atoms with Gasteiger partial charge in [0.25, 0.3) is 0 Å². The van der Waals surface area contributed by atoms with Crippen LogP contribution in [-0.2, 0) is 9.57 Å². The third kappa shape index (κ3) is 7.78. The van der Waals surface area contributed by atoms with Crippen LogP contribution in [0.15, 0.2) is 0 Å². The fourth-order valence-electron chi connectivity index (χ4n) is 0.604. The number of unbranched alkanes of at least 4 members (excludes halogenated alkanes) is 1. The number of nitrogens with zero attached hydrogens (tertiary/aromatic N) is 1. The van der Waals surface area contributed by atoms with Gasteiger partial charge in [-0.1, -0.05) is 18.8 Å². The average Bonchev–Trinajstić information content (AvgIpc) is 2.01. The van der Waals surface area contributed by atoms with Gasteiger partial charge in [0.1, 0.15) is 0 Å². The summed E-state index contributed by atoms with van der Waals surface area (Å²) < 4.78 is 5.27. The molecule has 0 saturated carbocycles. The van der Waals surface area contributed by atoms with Crippen LogP contribution in [0, 0.1) is 0 Å². The number of hydroxylamine groups is 1. The van der Waals surface area contributed by atoms with Crippen LogP contribution in [0.3, 0.4) is 0 Å². The molecule has 3 heteroatoms. The zero-order valence-electron chi connectivity index (χ0n) is 7.67. The van der Waals surface area contributed by atoms with E-state index in [-0.39, 0.29) is 6.29 Å². The molecule has 0 saturated heterocycles. The Kier molecular flexibility index (Phi) is 7.89. The van der Waals surface area contributed by atoms with Gasteiger partial charge in [-0.2, -0.15) is 0 Å². The second-order valence-corrected chi connectivity index (χ2v) is 2.34. The smallest absolute Gasteiger partial charge is 0.176 e. The molecule has 0 N–H and O–H groups in total. The van der Waals surface area contributed by atoms with Gasteiger partial charge in [0.05, 0.1) is 0 Å². The standard InChI is InChI=1S/C8H18NO2/c1-4-6-7-10-8(3)11-9-5-2/h8H,4-7H2,1-3H3. The van der Waals surface area contributed by atoms with Gasteiger partial charge in [-0.25, -0.2) is 0 Å². The zero-order chi connectivity index (χ0) is 8.53. The van der Waals surface area contributed by atoms with Crippen LogP contribution >= 0.6 is 0 Å². The molecular weight excluding hydrogens is 142 g/mol. The summed E-state index contributed by atoms with van der Waals surface area (Å²) in [6.45, 7) is 7.36. The predicted octanol–water partition coefficient (Wildman–Crippen LogP) is 1.70. The highest BCUT2D eigenvalue weighted by Crippen LogP contribution is 1.94. The molecule has 0 aromatic heterocycles. The molecule has 0 heterocycles. The van der Waals surface area contributed by atoms with Gasteiger partial charge < -0.3 is 4.74 Å². The second-order valence-electron chi connectivity index (χ2n) is 2.34. The highest BCUT2D eigenvalue weighted by Gasteiger charge is 2.00. The van der Waals surface area contributed by atoms with Crippen molar-refractivity contribution in [1.82, 2.24) is 5.48 Å². The summed E-state index contributed by atoms with van der Waals surface area (Å²) in [5.74, 6) is 0. The third-order valence-electron chi connectivity index (χ3n) is 1.20. The van der Waals surface area contributed by atoms with E-state index in [1.54, 1.807) is 0 Å². The van der Waals surface area contributed by atoms with Gasteiger partial charge in [0.15, 0.2) is 6.29 Å². The minimum Gasteiger partial charge on any atom is -0.351 e. The molecule has 11 heavy (non-hydrogen) atoms. The van der Waals surface area contributed by atoms with Crippen molar-refractivity contribution in [2.75, 3.05) is 13.2 Å². The van der Waals surface area contributed by atoms with Crippen molar-refractivity contribution in [2.45, 2.75) is 39.9 Å². The monoisotopic (exact) mass is 160 g/mol. The summed E-state index contributed by atoms with van der Waals surface area (Å²) in [5, 5.41) is 0. The average molecular weight is 160 g/mol. The highest BCUT2D eigenvalue weighted by molar-refractivity contribution is 4.33. The van der Waals surface area contributed by atoms with Crippen molar-refractivity contribution in [2.24, 2.45) is 0 Å². The molecule has 0 aliphatic heterocycles. The lowest BCUT2D eigenvalue weighted by molar-refractivity contribution is -0.172. The van der Waals surface area contributed by atoms with Crippen LogP contribution in [0.4, 0.5) is 0 Å². The van der Waals surface area contributed by atoms with Crippen molar-refractivity contribution < 1.29 is 9.57 Å². The Labute approximate surface area is 69.0 Å². The molecule has 67 valence electrons. The van der Waals surface area contributed by atoms with Crippen LogP contribution in [0.1, 0.15) is 33.6 Å². The van der Waals surface area contributed by atoms with Crippen LogP contribution in [0.2, 0.25) is 0 Å². The third-order valence-corrected chi connectivity index (χ3v) is 1.20. The van der Waals surface area contributed by atoms with Crippen LogP contribution < -0.4 is 5.48 Å². The van der Waals surface area contributed by atoms with Crippen molar-refractivity contribution >= 4 is 0 Å². The van der Waals surface area contributed by atoms with E-state index in [0.29, 0.717) is 6.54 Å². The van der Waals surface area contributed by atoms with E-state index in [4.69, 9.17) is 9.57 Å². The van der Waals surface area contributed by atoms with Crippen LogP contribution in [0.5, 0.6) is 0 Å². The SMILES string of the molecule is CCCCOC(C)O[N]CC. The van der Waals surface area contributed by atoms with E-state index in [1.165, 1.54) is 0 Å². The molecule has 0 rings (SSSR count). The van der Waals surface area contributed by atoms with Gasteiger partial charge >= 0.3 is 0 Å². The number of hydrogen-bond acceptors (Lipinski definition) is 2. The van der Waals surface area contributed by atoms with E-state index in [1.807, 2.05) is 13.8 Å². The first kappa shape index (κ1) is 10.9. The molecule has 0 bridgehead atoms. The van der Waals surface area contributed by atoms with Gasteiger partial charge in [-0.3, -0.25) is 4.84 Å². The molecule has 0 spiro atoms. The van der Waals surface area contributed by atoms with E-state index < -0.39 is 0 Å². The van der Waals surface area contributed by atoms with Gasteiger partial charge in [-0.15, -0.1) is 0 Å². The van der Waals surface area contributed by atoms with Crippen molar-refractivity contribution in [1.29, 1.82) is 0 Å². The molecule has 0 aliphatic rings. The van der Waals surface area contributed by atoms with E-state index >= 15 is 0 Å². The molecule has 0 aliphatic carbocycles. The highest BCUT2D eigenvalue weighted by atomic mass is 16.8. The number of rotatable bonds is 7. The van der Waals surface area contributed by atoms with Crippen molar-refractivity contribution in [3.8, 4) is 0 Å². The Morgan fingerprint density at radius 3 is 2.64 bits per heavy atom. The minimum absolute atomic E-state index is 0.193. The largest absolute Gasteiger partial charge is 0.351 e. The maximum absolute atomic E-state index is 5.27. The zero-order valence-corrected chi connectivity index (χ0v) is 7.67. The van der Waals surface area contributed by atoms with Crippen molar-refractivity contribution in [3.63, 3.8) is 0 Å². The Hall–Kier alpha value is -0.120. The Balaban J connectivity index is 3.02. The molecule has 3 nitrogen and oxygen atoms in total. The van der Waals surface area contributed by atoms with Crippen LogP contribution in [-0.4, -0.2) is 19.4 Å². The summed E-state index contributed by atoms with van der Waals surface area (Å²) in [6, 6.07) is 0. The first-order valence-corrected chi connectivity index (χ1v) is 4.25. The maximum Gasteiger partial charge on any atom is 0.176 e. The maximum atomic E-state index is 5.27. The fourth-order valence-corrected chi connectivity index (χ4v) is 0.604. The lowest BCUT2D eigenvalue weighted by Crippen LogP contribution is -2.19. The molecule has 0 aromatic rings. The fraction of sp³-hybridized carbons (Fsp3) is 1.00. The van der Waals surface area contributed by atoms with E-state index in [0.717, 1.165) is 19.4 Å². The number of hydrogen-bond donors (Lipinski definition) is 0. The van der Waals surface area contributed by atoms with Crippen LogP contribution in [0.25, 0.3) is 0 Å². The van der Waals surface area contributed by atoms with Crippen molar-refractivity contribution in [3.05, 3.63) is 0 Å². The molecule has 0 amide bonds. The summed E-state index contributed by atoms with van der Waals surface area (Å²) >= 11 is 0. The van der Waals surface area contributed by atoms with Gasteiger partial charge in [0.2, 0.25) is 0 Å².